The zero-order valence-corrected chi connectivity index (χ0v) is 44.9. The molecule has 394 valence electrons. The Balaban J connectivity index is 1.07. The molecule has 0 spiro atoms. The molecule has 0 atom stereocenters. The number of ketones is 4. The van der Waals surface area contributed by atoms with Crippen LogP contribution in [0.4, 0.5) is 0 Å². The predicted molar refractivity (Wildman–Crippen MR) is 305 cm³/mol. The minimum Gasteiger partial charge on any atom is -0.459 e. The van der Waals surface area contributed by atoms with Gasteiger partial charge in [-0.3, -0.25) is 38.4 Å². The highest BCUT2D eigenvalue weighted by molar-refractivity contribution is 7.32. The number of thiophene rings is 3. The zero-order chi connectivity index (χ0) is 55.6. The maximum atomic E-state index is 16.2. The molecule has 81 heavy (non-hydrogen) atoms. The van der Waals surface area contributed by atoms with Crippen LogP contribution in [0, 0.1) is 0 Å². The van der Waals surface area contributed by atoms with E-state index in [4.69, 9.17) is 18.9 Å². The summed E-state index contributed by atoms with van der Waals surface area (Å²) in [4.78, 5) is 122. The minimum atomic E-state index is -2.76. The number of Topliss-reactive ketones (excluding diaryl/α,β-unsaturated/α-hetero) is 4. The quantitative estimate of drug-likeness (QED) is 0.0332. The fraction of sp³-hybridized carbons (Fsp3) is 0.0909. The normalized spacial score (nSPS) is 14.9. The number of rotatable bonds is 14. The summed E-state index contributed by atoms with van der Waals surface area (Å²) >= 11 is 3.44. The van der Waals surface area contributed by atoms with Crippen molar-refractivity contribution in [2.24, 2.45) is 0 Å². The van der Waals surface area contributed by atoms with E-state index >= 15 is 19.2 Å². The van der Waals surface area contributed by atoms with Crippen LogP contribution >= 0.6 is 34.0 Å². The first kappa shape index (κ1) is 50.9. The first-order chi connectivity index (χ1) is 39.5. The summed E-state index contributed by atoms with van der Waals surface area (Å²) in [5, 5.41) is 0. The summed E-state index contributed by atoms with van der Waals surface area (Å²) in [5.74, 6) is -6.80. The Morgan fingerprint density at radius 1 is 0.395 bits per heavy atom. The Morgan fingerprint density at radius 3 is 1.16 bits per heavy atom. The van der Waals surface area contributed by atoms with Gasteiger partial charge in [-0.1, -0.05) is 170 Å². The lowest BCUT2D eigenvalue weighted by molar-refractivity contribution is -0.167. The third-order valence-corrected chi connectivity index (χ3v) is 18.5. The van der Waals surface area contributed by atoms with E-state index in [1.807, 2.05) is 0 Å². The number of carbonyl (C=O) groups excluding carboxylic acids is 8. The van der Waals surface area contributed by atoms with Gasteiger partial charge in [0.2, 0.25) is 10.8 Å². The van der Waals surface area contributed by atoms with Crippen molar-refractivity contribution in [2.45, 2.75) is 37.3 Å². The molecule has 0 radical (unpaired) electrons. The van der Waals surface area contributed by atoms with Crippen LogP contribution in [0.5, 0.6) is 0 Å². The van der Waals surface area contributed by atoms with Crippen LogP contribution in [0.25, 0.3) is 31.3 Å². The number of esters is 4. The molecule has 0 saturated heterocycles. The second-order valence-corrected chi connectivity index (χ2v) is 22.8. The fourth-order valence-electron chi connectivity index (χ4n) is 11.0. The molecule has 4 aliphatic carbocycles. The average molecular weight is 1120 g/mol. The smallest absolute Gasteiger partial charge is 0.333 e. The van der Waals surface area contributed by atoms with Crippen molar-refractivity contribution in [3.05, 3.63) is 270 Å². The van der Waals surface area contributed by atoms with Crippen molar-refractivity contribution in [3.63, 3.8) is 0 Å². The van der Waals surface area contributed by atoms with Gasteiger partial charge in [0.15, 0.2) is 23.1 Å². The van der Waals surface area contributed by atoms with Gasteiger partial charge in [-0.15, -0.1) is 34.0 Å². The Kier molecular flexibility index (Phi) is 12.8. The van der Waals surface area contributed by atoms with Crippen molar-refractivity contribution in [1.29, 1.82) is 0 Å². The summed E-state index contributed by atoms with van der Waals surface area (Å²) in [5.41, 5.74) is -3.08. The topological polar surface area (TPSA) is 173 Å². The molecule has 6 aromatic carbocycles. The molecule has 0 unspecified atom stereocenters. The van der Waals surface area contributed by atoms with Crippen molar-refractivity contribution in [1.82, 2.24) is 0 Å². The van der Waals surface area contributed by atoms with Gasteiger partial charge in [0.05, 0.1) is 25.6 Å². The monoisotopic (exact) mass is 1120 g/mol. The molecule has 3 aromatic heterocycles. The molecule has 9 aromatic rings. The van der Waals surface area contributed by atoms with E-state index in [0.717, 1.165) is 22.7 Å². The third-order valence-electron chi connectivity index (χ3n) is 14.8. The zero-order valence-electron chi connectivity index (χ0n) is 42.4. The average Bonchev–Trinajstić information content (AvgIpc) is 2.16. The molecule has 13 rings (SSSR count). The number of benzene rings is 6. The molecule has 3 heterocycles. The van der Waals surface area contributed by atoms with Crippen molar-refractivity contribution >= 4 is 103 Å². The van der Waals surface area contributed by atoms with Crippen LogP contribution in [0.1, 0.15) is 90.1 Å². The minimum absolute atomic E-state index is 0.0580. The molecule has 12 nitrogen and oxygen atoms in total. The van der Waals surface area contributed by atoms with Crippen LogP contribution in [-0.2, 0) is 75.4 Å². The highest BCUT2D eigenvalue weighted by Gasteiger charge is 2.68. The second-order valence-electron chi connectivity index (χ2n) is 19.6. The number of hydrogen-bond donors (Lipinski definition) is 0. The van der Waals surface area contributed by atoms with Gasteiger partial charge in [-0.25, -0.2) is 0 Å². The maximum Gasteiger partial charge on any atom is 0.333 e. The van der Waals surface area contributed by atoms with E-state index in [9.17, 15) is 19.2 Å². The van der Waals surface area contributed by atoms with Crippen molar-refractivity contribution < 1.29 is 57.3 Å². The summed E-state index contributed by atoms with van der Waals surface area (Å²) < 4.78 is 26.2. The lowest BCUT2D eigenvalue weighted by atomic mass is 9.69. The Hall–Kier alpha value is -9.54. The van der Waals surface area contributed by atoms with E-state index in [1.54, 1.807) is 164 Å². The first-order valence-electron chi connectivity index (χ1n) is 25.6. The molecule has 0 amide bonds. The summed E-state index contributed by atoms with van der Waals surface area (Å²) in [6, 6.07) is 49.8. The lowest BCUT2D eigenvalue weighted by Crippen LogP contribution is -2.51. The number of hydrogen-bond acceptors (Lipinski definition) is 15. The van der Waals surface area contributed by atoms with Gasteiger partial charge in [-0.2, -0.15) is 0 Å². The summed E-state index contributed by atoms with van der Waals surface area (Å²) in [6.45, 7) is -1.37. The Labute approximate surface area is 473 Å². The van der Waals surface area contributed by atoms with Gasteiger partial charge < -0.3 is 18.9 Å². The standard InChI is InChI=1S/C66H40O12S3/c67-54-43-25-13-14-26-44(43)55(68)47(54)29-41-30-49-51(65(41,61(71)75-33-37-17-5-1-6-18-37)62(72)76-34-38-19-7-2-8-20-38)52-59(80-49)60-53(58-50(81-60)32-42(79-58)31-48-56(69)45-27-15-16-28-46(45)57(48)70)66(52,63(73)77-35-39-21-9-3-10-22-39)64(74)78-36-40-23-11-4-12-24-40/h1-32H,33-36H2. The van der Waals surface area contributed by atoms with E-state index < -0.39 is 57.8 Å². The number of carbonyl (C=O) groups is 8. The second kappa shape index (κ2) is 20.3. The highest BCUT2D eigenvalue weighted by Crippen LogP contribution is 2.66. The molecule has 15 heteroatoms. The maximum absolute atomic E-state index is 16.2. The van der Waals surface area contributed by atoms with Crippen molar-refractivity contribution in [3.8, 4) is 9.75 Å². The molecule has 4 aliphatic rings. The van der Waals surface area contributed by atoms with Gasteiger partial charge in [0.1, 0.15) is 26.4 Å². The van der Waals surface area contributed by atoms with E-state index in [-0.39, 0.29) is 87.0 Å². The van der Waals surface area contributed by atoms with Gasteiger partial charge in [0.25, 0.3) is 0 Å². The summed E-state index contributed by atoms with van der Waals surface area (Å²) in [7, 11) is 0. The van der Waals surface area contributed by atoms with Crippen molar-refractivity contribution in [2.75, 3.05) is 0 Å². The molecule has 0 bridgehead atoms. The van der Waals surface area contributed by atoms with Gasteiger partial charge >= 0.3 is 23.9 Å². The van der Waals surface area contributed by atoms with Gasteiger partial charge in [0, 0.05) is 53.4 Å². The van der Waals surface area contributed by atoms with Crippen LogP contribution < -0.4 is 0 Å². The SMILES string of the molecule is O=C1C(=CC2=Cc3sc4c(c3C2(C(=O)OCc2ccccc2)C(=O)OCc2ccccc2)C(C(=O)OCc2ccccc2)(C(=O)OCc2ccccc2)c2c-4sc3cc(C=C4C(=O)c5ccccc5C4=O)sc23)C(=O)c2ccccc21. The van der Waals surface area contributed by atoms with E-state index in [1.165, 1.54) is 41.7 Å². The van der Waals surface area contributed by atoms with E-state index in [2.05, 4.69) is 0 Å². The Bertz CT molecular complexity index is 4090. The molecular formula is C66H40O12S3. The highest BCUT2D eigenvalue weighted by atomic mass is 32.1. The predicted octanol–water partition coefficient (Wildman–Crippen LogP) is 12.4. The summed E-state index contributed by atoms with van der Waals surface area (Å²) in [6.07, 6.45) is 4.22. The van der Waals surface area contributed by atoms with E-state index in [0.29, 0.717) is 46.3 Å². The number of fused-ring (bicyclic) bond motifs is 9. The van der Waals surface area contributed by atoms with Crippen LogP contribution in [-0.4, -0.2) is 47.0 Å². The van der Waals surface area contributed by atoms with Crippen LogP contribution in [0.3, 0.4) is 0 Å². The number of allylic oxidation sites excluding steroid dienone is 3. The molecule has 0 fully saturated rings. The fourth-order valence-corrected chi connectivity index (χ4v) is 15.2. The third kappa shape index (κ3) is 8.22. The largest absolute Gasteiger partial charge is 0.459 e. The molecular weight excluding hydrogens is 1080 g/mol. The first-order valence-corrected chi connectivity index (χ1v) is 28.0. The number of ether oxygens (including phenoxy) is 4. The molecule has 0 aliphatic heterocycles. The Morgan fingerprint density at radius 2 is 0.753 bits per heavy atom. The molecule has 0 saturated carbocycles. The van der Waals surface area contributed by atoms with Crippen LogP contribution in [0.15, 0.2) is 199 Å². The van der Waals surface area contributed by atoms with Crippen LogP contribution in [0.2, 0.25) is 0 Å². The molecule has 0 N–H and O–H groups in total. The van der Waals surface area contributed by atoms with Gasteiger partial charge in [-0.05, 0) is 52.1 Å². The lowest BCUT2D eigenvalue weighted by Gasteiger charge is -2.33.